The number of hydrogen-bond donors (Lipinski definition) is 2. The second-order valence-corrected chi connectivity index (χ2v) is 3.78. The molecule has 72 valence electrons. The number of rotatable bonds is 2. The Bertz CT molecular complexity index is 302. The molecule has 4 heteroatoms. The Kier molecular flexibility index (Phi) is 1.89. The molecule has 1 aliphatic carbocycles. The van der Waals surface area contributed by atoms with Crippen molar-refractivity contribution in [2.45, 2.75) is 38.0 Å². The summed E-state index contributed by atoms with van der Waals surface area (Å²) in [5.41, 5.74) is 5.84. The molecular formula is C9H15N3O. The minimum absolute atomic E-state index is 0.148. The van der Waals surface area contributed by atoms with Gasteiger partial charge in [-0.1, -0.05) is 0 Å². The molecule has 13 heavy (non-hydrogen) atoms. The third-order valence-electron chi connectivity index (χ3n) is 2.69. The lowest BCUT2D eigenvalue weighted by molar-refractivity contribution is -0.0523. The number of aryl methyl sites for hydroxylation is 1. The zero-order valence-electron chi connectivity index (χ0n) is 7.77. The Balaban J connectivity index is 2.16. The van der Waals surface area contributed by atoms with Gasteiger partial charge in [-0.25, -0.2) is 0 Å². The lowest BCUT2D eigenvalue weighted by Crippen LogP contribution is -2.48. The SMILES string of the molecule is CCn1cc(C2(O)CC(N)C2)cn1. The molecule has 0 atom stereocenters. The standard InChI is InChI=1S/C9H15N3O/c1-2-12-6-7(5-11-12)9(13)3-8(10)4-9/h5-6,8,13H,2-4,10H2,1H3. The van der Waals surface area contributed by atoms with Crippen molar-refractivity contribution >= 4 is 0 Å². The second-order valence-electron chi connectivity index (χ2n) is 3.78. The fraction of sp³-hybridized carbons (Fsp3) is 0.667. The van der Waals surface area contributed by atoms with E-state index in [1.807, 2.05) is 17.8 Å². The molecule has 1 aromatic heterocycles. The van der Waals surface area contributed by atoms with Crippen molar-refractivity contribution in [2.75, 3.05) is 0 Å². The van der Waals surface area contributed by atoms with Gasteiger partial charge in [-0.05, 0) is 19.8 Å². The molecule has 0 amide bonds. The summed E-state index contributed by atoms with van der Waals surface area (Å²) < 4.78 is 1.82. The van der Waals surface area contributed by atoms with Crippen LogP contribution in [-0.2, 0) is 12.1 Å². The lowest BCUT2D eigenvalue weighted by atomic mass is 9.73. The molecule has 1 fully saturated rings. The van der Waals surface area contributed by atoms with Crippen LogP contribution in [0.4, 0.5) is 0 Å². The third-order valence-corrected chi connectivity index (χ3v) is 2.69. The minimum atomic E-state index is -0.702. The monoisotopic (exact) mass is 181 g/mol. The topological polar surface area (TPSA) is 64.1 Å². The lowest BCUT2D eigenvalue weighted by Gasteiger charge is -2.41. The Morgan fingerprint density at radius 2 is 2.46 bits per heavy atom. The van der Waals surface area contributed by atoms with Crippen molar-refractivity contribution in [3.63, 3.8) is 0 Å². The molecule has 1 aromatic rings. The van der Waals surface area contributed by atoms with E-state index in [9.17, 15) is 5.11 Å². The van der Waals surface area contributed by atoms with Crippen LogP contribution in [0.2, 0.25) is 0 Å². The highest BCUT2D eigenvalue weighted by Gasteiger charge is 2.42. The van der Waals surface area contributed by atoms with Crippen LogP contribution in [0.5, 0.6) is 0 Å². The first kappa shape index (κ1) is 8.72. The molecule has 0 aromatic carbocycles. The molecule has 4 nitrogen and oxygen atoms in total. The molecule has 1 saturated carbocycles. The van der Waals surface area contributed by atoms with Gasteiger partial charge in [-0.2, -0.15) is 5.10 Å². The summed E-state index contributed by atoms with van der Waals surface area (Å²) in [7, 11) is 0. The van der Waals surface area contributed by atoms with Crippen molar-refractivity contribution in [2.24, 2.45) is 5.73 Å². The van der Waals surface area contributed by atoms with Gasteiger partial charge < -0.3 is 10.8 Å². The molecule has 2 rings (SSSR count). The van der Waals surface area contributed by atoms with Gasteiger partial charge >= 0.3 is 0 Å². The zero-order chi connectivity index (χ0) is 9.47. The van der Waals surface area contributed by atoms with Gasteiger partial charge in [0.05, 0.1) is 11.8 Å². The van der Waals surface area contributed by atoms with Crippen LogP contribution in [0.25, 0.3) is 0 Å². The Morgan fingerprint density at radius 3 is 2.92 bits per heavy atom. The molecule has 0 spiro atoms. The number of nitrogens with two attached hydrogens (primary N) is 1. The average Bonchev–Trinajstić information content (AvgIpc) is 2.49. The van der Waals surface area contributed by atoms with E-state index >= 15 is 0 Å². The molecule has 0 saturated heterocycles. The van der Waals surface area contributed by atoms with Crippen molar-refractivity contribution < 1.29 is 5.11 Å². The van der Waals surface area contributed by atoms with E-state index in [-0.39, 0.29) is 6.04 Å². The Morgan fingerprint density at radius 1 is 1.77 bits per heavy atom. The highest BCUT2D eigenvalue weighted by atomic mass is 16.3. The summed E-state index contributed by atoms with van der Waals surface area (Å²) in [6.07, 6.45) is 4.94. The van der Waals surface area contributed by atoms with Crippen LogP contribution in [0.1, 0.15) is 25.3 Å². The highest BCUT2D eigenvalue weighted by Crippen LogP contribution is 2.39. The van der Waals surface area contributed by atoms with Gasteiger partial charge in [-0.15, -0.1) is 0 Å². The quantitative estimate of drug-likeness (QED) is 0.685. The molecule has 0 unspecified atom stereocenters. The van der Waals surface area contributed by atoms with E-state index in [0.29, 0.717) is 12.8 Å². The summed E-state index contributed by atoms with van der Waals surface area (Å²) in [4.78, 5) is 0. The van der Waals surface area contributed by atoms with E-state index < -0.39 is 5.60 Å². The molecule has 1 heterocycles. The first-order valence-corrected chi connectivity index (χ1v) is 4.65. The molecule has 0 radical (unpaired) electrons. The summed E-state index contributed by atoms with van der Waals surface area (Å²) in [5.74, 6) is 0. The number of hydrogen-bond acceptors (Lipinski definition) is 3. The second kappa shape index (κ2) is 2.82. The third kappa shape index (κ3) is 1.36. The van der Waals surface area contributed by atoms with Crippen LogP contribution < -0.4 is 5.73 Å². The maximum absolute atomic E-state index is 10.0. The van der Waals surface area contributed by atoms with E-state index in [1.54, 1.807) is 6.20 Å². The van der Waals surface area contributed by atoms with Gasteiger partial charge in [0, 0.05) is 24.3 Å². The maximum Gasteiger partial charge on any atom is 0.0956 e. The maximum atomic E-state index is 10.0. The summed E-state index contributed by atoms with van der Waals surface area (Å²) in [6.45, 7) is 2.86. The molecular weight excluding hydrogens is 166 g/mol. The molecule has 0 bridgehead atoms. The largest absolute Gasteiger partial charge is 0.385 e. The van der Waals surface area contributed by atoms with Crippen LogP contribution >= 0.6 is 0 Å². The van der Waals surface area contributed by atoms with Gasteiger partial charge in [0.2, 0.25) is 0 Å². The van der Waals surface area contributed by atoms with Gasteiger partial charge in [0.1, 0.15) is 0 Å². The van der Waals surface area contributed by atoms with Gasteiger partial charge in [-0.3, -0.25) is 4.68 Å². The summed E-state index contributed by atoms with van der Waals surface area (Å²) in [6, 6.07) is 0.148. The van der Waals surface area contributed by atoms with Crippen molar-refractivity contribution in [3.05, 3.63) is 18.0 Å². The Labute approximate surface area is 77.4 Å². The molecule has 3 N–H and O–H groups in total. The summed E-state index contributed by atoms with van der Waals surface area (Å²) >= 11 is 0. The van der Waals surface area contributed by atoms with Gasteiger partial charge in [0.25, 0.3) is 0 Å². The fourth-order valence-electron chi connectivity index (χ4n) is 1.82. The smallest absolute Gasteiger partial charge is 0.0956 e. The predicted octanol–water partition coefficient (Wildman–Crippen LogP) is 0.212. The minimum Gasteiger partial charge on any atom is -0.385 e. The van der Waals surface area contributed by atoms with Crippen molar-refractivity contribution in [1.82, 2.24) is 9.78 Å². The van der Waals surface area contributed by atoms with E-state index in [1.165, 1.54) is 0 Å². The van der Waals surface area contributed by atoms with Crippen LogP contribution in [0, 0.1) is 0 Å². The van der Waals surface area contributed by atoms with Crippen LogP contribution in [0.3, 0.4) is 0 Å². The molecule has 1 aliphatic rings. The average molecular weight is 181 g/mol. The number of nitrogens with zero attached hydrogens (tertiary/aromatic N) is 2. The zero-order valence-corrected chi connectivity index (χ0v) is 7.77. The van der Waals surface area contributed by atoms with Crippen LogP contribution in [-0.4, -0.2) is 20.9 Å². The Hall–Kier alpha value is -0.870. The molecule has 0 aliphatic heterocycles. The summed E-state index contributed by atoms with van der Waals surface area (Å²) in [5, 5.41) is 14.2. The fourth-order valence-corrected chi connectivity index (χ4v) is 1.82. The van der Waals surface area contributed by atoms with Gasteiger partial charge in [0.15, 0.2) is 0 Å². The number of aliphatic hydroxyl groups is 1. The number of aromatic nitrogens is 2. The highest BCUT2D eigenvalue weighted by molar-refractivity contribution is 5.20. The first-order chi connectivity index (χ1) is 6.14. The van der Waals surface area contributed by atoms with Crippen molar-refractivity contribution in [1.29, 1.82) is 0 Å². The first-order valence-electron chi connectivity index (χ1n) is 4.65. The van der Waals surface area contributed by atoms with E-state index in [4.69, 9.17) is 5.73 Å². The van der Waals surface area contributed by atoms with Crippen molar-refractivity contribution in [3.8, 4) is 0 Å². The normalized spacial score (nSPS) is 33.0. The van der Waals surface area contributed by atoms with Crippen LogP contribution in [0.15, 0.2) is 12.4 Å². The van der Waals surface area contributed by atoms with E-state index in [0.717, 1.165) is 12.1 Å². The predicted molar refractivity (Wildman–Crippen MR) is 49.0 cm³/mol. The van der Waals surface area contributed by atoms with E-state index in [2.05, 4.69) is 5.10 Å².